The SMILES string of the molecule is Cc1nc(C(C(C)C)C(C)Br)ccc1[N+](=O)[O-]. The molecule has 94 valence electrons. The molecule has 1 aromatic rings. The lowest BCUT2D eigenvalue weighted by Crippen LogP contribution is -2.17. The number of hydrogen-bond donors (Lipinski definition) is 0. The summed E-state index contributed by atoms with van der Waals surface area (Å²) in [5.41, 5.74) is 1.47. The van der Waals surface area contributed by atoms with E-state index in [2.05, 4.69) is 41.7 Å². The van der Waals surface area contributed by atoms with Gasteiger partial charge in [-0.2, -0.15) is 0 Å². The summed E-state index contributed by atoms with van der Waals surface area (Å²) in [5.74, 6) is 0.687. The quantitative estimate of drug-likeness (QED) is 0.482. The molecule has 1 aromatic heterocycles. The van der Waals surface area contributed by atoms with E-state index in [4.69, 9.17) is 0 Å². The van der Waals surface area contributed by atoms with Crippen molar-refractivity contribution in [2.45, 2.75) is 38.4 Å². The fourth-order valence-electron chi connectivity index (χ4n) is 2.06. The minimum Gasteiger partial charge on any atom is -0.258 e. The molecule has 0 aromatic carbocycles. The fraction of sp³-hybridized carbons (Fsp3) is 0.583. The number of hydrogen-bond acceptors (Lipinski definition) is 3. The smallest absolute Gasteiger partial charge is 0.258 e. The van der Waals surface area contributed by atoms with Crippen LogP contribution in [0.2, 0.25) is 0 Å². The van der Waals surface area contributed by atoms with Crippen molar-refractivity contribution in [2.24, 2.45) is 5.92 Å². The van der Waals surface area contributed by atoms with E-state index in [-0.39, 0.29) is 16.4 Å². The maximum atomic E-state index is 10.7. The van der Waals surface area contributed by atoms with Crippen molar-refractivity contribution in [3.05, 3.63) is 33.6 Å². The van der Waals surface area contributed by atoms with Crippen LogP contribution in [0.5, 0.6) is 0 Å². The van der Waals surface area contributed by atoms with Crippen LogP contribution in [-0.2, 0) is 0 Å². The average molecular weight is 301 g/mol. The zero-order valence-corrected chi connectivity index (χ0v) is 12.1. The first kappa shape index (κ1) is 14.1. The fourth-order valence-corrected chi connectivity index (χ4v) is 2.94. The van der Waals surface area contributed by atoms with Crippen molar-refractivity contribution in [3.8, 4) is 0 Å². The predicted octanol–water partition coefficient (Wildman–Crippen LogP) is 3.82. The summed E-state index contributed by atoms with van der Waals surface area (Å²) in [6, 6.07) is 3.30. The van der Waals surface area contributed by atoms with Crippen molar-refractivity contribution in [1.29, 1.82) is 0 Å². The monoisotopic (exact) mass is 300 g/mol. The summed E-state index contributed by atoms with van der Waals surface area (Å²) in [7, 11) is 0. The Morgan fingerprint density at radius 3 is 2.29 bits per heavy atom. The van der Waals surface area contributed by atoms with Gasteiger partial charge in [0.25, 0.3) is 5.69 Å². The van der Waals surface area contributed by atoms with E-state index in [0.29, 0.717) is 11.6 Å². The van der Waals surface area contributed by atoms with E-state index >= 15 is 0 Å². The van der Waals surface area contributed by atoms with E-state index in [1.54, 1.807) is 19.1 Å². The van der Waals surface area contributed by atoms with Gasteiger partial charge in [0.15, 0.2) is 0 Å². The summed E-state index contributed by atoms with van der Waals surface area (Å²) in [6.07, 6.45) is 0. The van der Waals surface area contributed by atoms with Gasteiger partial charge in [-0.15, -0.1) is 0 Å². The van der Waals surface area contributed by atoms with Gasteiger partial charge < -0.3 is 0 Å². The van der Waals surface area contributed by atoms with E-state index < -0.39 is 4.92 Å². The van der Waals surface area contributed by atoms with Gasteiger partial charge >= 0.3 is 0 Å². The molecule has 0 fully saturated rings. The number of alkyl halides is 1. The Morgan fingerprint density at radius 1 is 1.35 bits per heavy atom. The van der Waals surface area contributed by atoms with Gasteiger partial charge in [-0.25, -0.2) is 0 Å². The molecular formula is C12H17BrN2O2. The molecule has 0 aliphatic heterocycles. The van der Waals surface area contributed by atoms with E-state index in [9.17, 15) is 10.1 Å². The predicted molar refractivity (Wildman–Crippen MR) is 71.6 cm³/mol. The summed E-state index contributed by atoms with van der Waals surface area (Å²) < 4.78 is 0. The third-order valence-corrected chi connectivity index (χ3v) is 3.40. The molecule has 2 atom stereocenters. The standard InChI is InChI=1S/C12H17BrN2O2/c1-7(2)12(8(3)13)10-5-6-11(15(16)17)9(4)14-10/h5-8,12H,1-4H3. The van der Waals surface area contributed by atoms with Crippen LogP contribution in [0.15, 0.2) is 12.1 Å². The van der Waals surface area contributed by atoms with Crippen molar-refractivity contribution >= 4 is 21.6 Å². The second-order valence-corrected chi connectivity index (χ2v) is 5.99. The van der Waals surface area contributed by atoms with Crippen molar-refractivity contribution in [2.75, 3.05) is 0 Å². The molecule has 0 aliphatic rings. The summed E-state index contributed by atoms with van der Waals surface area (Å²) in [5, 5.41) is 10.7. The minimum absolute atomic E-state index is 0.0819. The molecule has 4 nitrogen and oxygen atoms in total. The lowest BCUT2D eigenvalue weighted by molar-refractivity contribution is -0.385. The van der Waals surface area contributed by atoms with Gasteiger partial charge in [0.05, 0.1) is 4.92 Å². The minimum atomic E-state index is -0.395. The summed E-state index contributed by atoms with van der Waals surface area (Å²) >= 11 is 3.58. The van der Waals surface area contributed by atoms with Crippen LogP contribution in [0, 0.1) is 23.0 Å². The summed E-state index contributed by atoms with van der Waals surface area (Å²) in [6.45, 7) is 8.00. The van der Waals surface area contributed by atoms with Crippen LogP contribution in [0.25, 0.3) is 0 Å². The highest BCUT2D eigenvalue weighted by atomic mass is 79.9. The van der Waals surface area contributed by atoms with Gasteiger partial charge in [0.1, 0.15) is 5.69 Å². The molecule has 0 amide bonds. The van der Waals surface area contributed by atoms with E-state index in [1.165, 1.54) is 0 Å². The highest BCUT2D eigenvalue weighted by molar-refractivity contribution is 9.09. The van der Waals surface area contributed by atoms with Gasteiger partial charge in [-0.05, 0) is 18.9 Å². The van der Waals surface area contributed by atoms with Crippen LogP contribution >= 0.6 is 15.9 Å². The molecule has 2 unspecified atom stereocenters. The highest BCUT2D eigenvalue weighted by Gasteiger charge is 2.24. The normalized spacial score (nSPS) is 14.7. The molecule has 0 bridgehead atoms. The van der Waals surface area contributed by atoms with Gasteiger partial charge in [-0.1, -0.05) is 36.7 Å². The highest BCUT2D eigenvalue weighted by Crippen LogP contribution is 2.32. The Hall–Kier alpha value is -0.970. The Morgan fingerprint density at radius 2 is 1.94 bits per heavy atom. The molecule has 0 radical (unpaired) electrons. The number of aromatic nitrogens is 1. The zero-order chi connectivity index (χ0) is 13.2. The first-order chi connectivity index (χ1) is 7.84. The van der Waals surface area contributed by atoms with Gasteiger partial charge in [-0.3, -0.25) is 15.1 Å². The Labute approximate surface area is 110 Å². The first-order valence-corrected chi connectivity index (χ1v) is 6.52. The largest absolute Gasteiger partial charge is 0.290 e. The molecule has 0 N–H and O–H groups in total. The van der Waals surface area contributed by atoms with Crippen molar-refractivity contribution in [3.63, 3.8) is 0 Å². The molecule has 0 aliphatic carbocycles. The van der Waals surface area contributed by atoms with Crippen LogP contribution in [0.3, 0.4) is 0 Å². The number of pyridine rings is 1. The van der Waals surface area contributed by atoms with Crippen molar-refractivity contribution < 1.29 is 4.92 Å². The number of halogens is 1. The Bertz CT molecular complexity index is 411. The van der Waals surface area contributed by atoms with Gasteiger partial charge in [0.2, 0.25) is 0 Å². The molecular weight excluding hydrogens is 284 g/mol. The third-order valence-electron chi connectivity index (χ3n) is 2.83. The molecule has 1 heterocycles. The van der Waals surface area contributed by atoms with Crippen LogP contribution in [-0.4, -0.2) is 14.7 Å². The topological polar surface area (TPSA) is 56.0 Å². The maximum Gasteiger partial charge on any atom is 0.290 e. The molecule has 17 heavy (non-hydrogen) atoms. The van der Waals surface area contributed by atoms with Crippen LogP contribution < -0.4 is 0 Å². The van der Waals surface area contributed by atoms with Crippen molar-refractivity contribution in [1.82, 2.24) is 4.98 Å². The lowest BCUT2D eigenvalue weighted by Gasteiger charge is -2.23. The first-order valence-electron chi connectivity index (χ1n) is 5.60. The van der Waals surface area contributed by atoms with E-state index in [0.717, 1.165) is 5.69 Å². The molecule has 0 saturated carbocycles. The maximum absolute atomic E-state index is 10.7. The van der Waals surface area contributed by atoms with Crippen LogP contribution in [0.4, 0.5) is 5.69 Å². The number of rotatable bonds is 4. The number of aryl methyl sites for hydroxylation is 1. The second kappa shape index (κ2) is 5.58. The number of nitrogens with zero attached hydrogens (tertiary/aromatic N) is 2. The third kappa shape index (κ3) is 3.25. The van der Waals surface area contributed by atoms with Gasteiger partial charge in [0, 0.05) is 22.5 Å². The lowest BCUT2D eigenvalue weighted by atomic mass is 9.89. The summed E-state index contributed by atoms with van der Waals surface area (Å²) in [4.78, 5) is 15.0. The average Bonchev–Trinajstić information content (AvgIpc) is 2.15. The molecule has 0 saturated heterocycles. The zero-order valence-electron chi connectivity index (χ0n) is 10.5. The van der Waals surface area contributed by atoms with E-state index in [1.807, 2.05) is 0 Å². The number of nitro groups is 1. The van der Waals surface area contributed by atoms with Crippen LogP contribution in [0.1, 0.15) is 38.1 Å². The molecule has 1 rings (SSSR count). The molecule has 5 heteroatoms. The Kier molecular flexibility index (Phi) is 4.62. The second-order valence-electron chi connectivity index (χ2n) is 4.55. The molecule has 0 spiro atoms. The Balaban J connectivity index is 3.15.